The van der Waals surface area contributed by atoms with Crippen molar-refractivity contribution in [3.63, 3.8) is 0 Å². The summed E-state index contributed by atoms with van der Waals surface area (Å²) in [6, 6.07) is 9.82. The van der Waals surface area contributed by atoms with Crippen molar-refractivity contribution in [2.45, 2.75) is 13.0 Å². The molecule has 8 heteroatoms. The Morgan fingerprint density at radius 1 is 1.21 bits per heavy atom. The molecule has 3 aromatic rings. The van der Waals surface area contributed by atoms with Crippen LogP contribution in [0.5, 0.6) is 0 Å². The number of rotatable bonds is 5. The molecule has 0 bridgehead atoms. The van der Waals surface area contributed by atoms with Crippen molar-refractivity contribution in [3.05, 3.63) is 53.0 Å². The molecule has 0 fully saturated rings. The second kappa shape index (κ2) is 7.05. The molecule has 3 rings (SSSR count). The maximum absolute atomic E-state index is 12.2. The predicted molar refractivity (Wildman–Crippen MR) is 89.6 cm³/mol. The number of anilines is 1. The minimum atomic E-state index is -0.657. The Morgan fingerprint density at radius 3 is 2.62 bits per heavy atom. The molecule has 0 radical (unpaired) electrons. The van der Waals surface area contributed by atoms with Crippen molar-refractivity contribution >= 4 is 28.8 Å². The zero-order chi connectivity index (χ0) is 16.9. The highest BCUT2D eigenvalue weighted by Gasteiger charge is 2.17. The summed E-state index contributed by atoms with van der Waals surface area (Å²) < 4.78 is 5.10. The monoisotopic (exact) mass is 342 g/mol. The van der Waals surface area contributed by atoms with Crippen molar-refractivity contribution in [3.8, 4) is 11.5 Å². The molecule has 0 saturated carbocycles. The highest BCUT2D eigenvalue weighted by molar-refractivity contribution is 7.12. The average Bonchev–Trinajstić information content (AvgIpc) is 3.29. The lowest BCUT2D eigenvalue weighted by Crippen LogP contribution is -2.41. The fourth-order valence-corrected chi connectivity index (χ4v) is 2.61. The maximum Gasteiger partial charge on any atom is 0.261 e. The normalized spacial score (nSPS) is 11.7. The summed E-state index contributed by atoms with van der Waals surface area (Å²) in [6.45, 7) is 1.63. The van der Waals surface area contributed by atoms with Crippen LogP contribution in [0.3, 0.4) is 0 Å². The third-order valence-corrected chi connectivity index (χ3v) is 4.11. The van der Waals surface area contributed by atoms with E-state index in [9.17, 15) is 9.59 Å². The summed E-state index contributed by atoms with van der Waals surface area (Å²) >= 11 is 1.33. The molecule has 24 heavy (non-hydrogen) atoms. The topological polar surface area (TPSA) is 97.1 Å². The van der Waals surface area contributed by atoms with Crippen molar-refractivity contribution in [2.75, 3.05) is 5.32 Å². The molecular formula is C16H14N4O3S. The van der Waals surface area contributed by atoms with Crippen LogP contribution < -0.4 is 10.6 Å². The molecule has 1 aromatic carbocycles. The molecule has 7 nitrogen and oxygen atoms in total. The molecule has 0 saturated heterocycles. The quantitative estimate of drug-likeness (QED) is 0.743. The van der Waals surface area contributed by atoms with Crippen LogP contribution in [0.15, 0.2) is 52.6 Å². The number of aromatic nitrogens is 2. The number of carbonyl (C=O) groups is 2. The van der Waals surface area contributed by atoms with Crippen LogP contribution in [0.1, 0.15) is 16.6 Å². The zero-order valence-electron chi connectivity index (χ0n) is 12.7. The second-order valence-corrected chi connectivity index (χ2v) is 5.93. The van der Waals surface area contributed by atoms with Gasteiger partial charge in [0, 0.05) is 11.3 Å². The first-order valence-electron chi connectivity index (χ1n) is 7.15. The number of hydrogen-bond donors (Lipinski definition) is 2. The zero-order valence-corrected chi connectivity index (χ0v) is 13.5. The van der Waals surface area contributed by atoms with E-state index >= 15 is 0 Å². The third-order valence-electron chi connectivity index (χ3n) is 3.25. The Kier molecular flexibility index (Phi) is 4.66. The van der Waals surface area contributed by atoms with Gasteiger partial charge in [0.05, 0.1) is 4.88 Å². The molecule has 0 aliphatic rings. The Morgan fingerprint density at radius 2 is 2.00 bits per heavy atom. The van der Waals surface area contributed by atoms with Gasteiger partial charge in [0.1, 0.15) is 6.04 Å². The van der Waals surface area contributed by atoms with Gasteiger partial charge in [0.15, 0.2) is 0 Å². The van der Waals surface area contributed by atoms with Crippen LogP contribution in [0.2, 0.25) is 0 Å². The summed E-state index contributed by atoms with van der Waals surface area (Å²) in [5.74, 6) is -0.158. The molecule has 2 aromatic heterocycles. The van der Waals surface area contributed by atoms with Gasteiger partial charge in [-0.3, -0.25) is 9.59 Å². The van der Waals surface area contributed by atoms with Gasteiger partial charge >= 0.3 is 0 Å². The minimum absolute atomic E-state index is 0.264. The molecule has 2 heterocycles. The number of benzene rings is 1. The van der Waals surface area contributed by atoms with Gasteiger partial charge in [-0.15, -0.1) is 21.5 Å². The number of carbonyl (C=O) groups excluding carboxylic acids is 2. The van der Waals surface area contributed by atoms with Gasteiger partial charge < -0.3 is 15.1 Å². The Balaban J connectivity index is 1.59. The smallest absolute Gasteiger partial charge is 0.261 e. The van der Waals surface area contributed by atoms with Crippen LogP contribution in [0, 0.1) is 0 Å². The van der Waals surface area contributed by atoms with Crippen molar-refractivity contribution < 1.29 is 14.0 Å². The highest BCUT2D eigenvalue weighted by Crippen LogP contribution is 2.19. The Labute approximate surface area is 141 Å². The first kappa shape index (κ1) is 15.9. The number of amides is 2. The SMILES string of the molecule is C[C@H](NC(=O)c1cccs1)C(=O)Nc1ccc(-c2nnco2)cc1. The van der Waals surface area contributed by atoms with E-state index in [1.807, 2.05) is 5.38 Å². The van der Waals surface area contributed by atoms with E-state index in [4.69, 9.17) is 4.42 Å². The van der Waals surface area contributed by atoms with Crippen LogP contribution in [0.25, 0.3) is 11.5 Å². The highest BCUT2D eigenvalue weighted by atomic mass is 32.1. The van der Waals surface area contributed by atoms with Crippen LogP contribution >= 0.6 is 11.3 Å². The lowest BCUT2D eigenvalue weighted by Gasteiger charge is -2.13. The van der Waals surface area contributed by atoms with E-state index in [1.54, 1.807) is 43.3 Å². The summed E-state index contributed by atoms with van der Waals surface area (Å²) in [5.41, 5.74) is 1.37. The molecule has 0 spiro atoms. The fraction of sp³-hybridized carbons (Fsp3) is 0.125. The van der Waals surface area contributed by atoms with Gasteiger partial charge in [-0.25, -0.2) is 0 Å². The van der Waals surface area contributed by atoms with Crippen LogP contribution in [-0.4, -0.2) is 28.1 Å². The Hall–Kier alpha value is -3.00. The molecular weight excluding hydrogens is 328 g/mol. The summed E-state index contributed by atoms with van der Waals surface area (Å²) in [6.07, 6.45) is 1.25. The lowest BCUT2D eigenvalue weighted by atomic mass is 10.2. The summed E-state index contributed by atoms with van der Waals surface area (Å²) in [7, 11) is 0. The van der Waals surface area contributed by atoms with E-state index in [-0.39, 0.29) is 11.8 Å². The van der Waals surface area contributed by atoms with E-state index in [0.717, 1.165) is 5.56 Å². The molecule has 2 N–H and O–H groups in total. The first-order chi connectivity index (χ1) is 11.6. The van der Waals surface area contributed by atoms with Crippen molar-refractivity contribution in [1.29, 1.82) is 0 Å². The van der Waals surface area contributed by atoms with Crippen molar-refractivity contribution in [2.24, 2.45) is 0 Å². The number of nitrogens with zero attached hydrogens (tertiary/aromatic N) is 2. The average molecular weight is 342 g/mol. The van der Waals surface area contributed by atoms with Gasteiger partial charge in [-0.2, -0.15) is 0 Å². The minimum Gasteiger partial charge on any atom is -0.423 e. The molecule has 2 amide bonds. The van der Waals surface area contributed by atoms with Gasteiger partial charge in [-0.05, 0) is 42.6 Å². The molecule has 0 aliphatic heterocycles. The Bertz CT molecular complexity index is 814. The molecule has 0 aliphatic carbocycles. The number of hydrogen-bond acceptors (Lipinski definition) is 6. The van der Waals surface area contributed by atoms with E-state index in [0.29, 0.717) is 16.5 Å². The van der Waals surface area contributed by atoms with E-state index < -0.39 is 6.04 Å². The summed E-state index contributed by atoms with van der Waals surface area (Å²) in [4.78, 5) is 24.7. The largest absolute Gasteiger partial charge is 0.423 e. The summed E-state index contributed by atoms with van der Waals surface area (Å²) in [5, 5.41) is 14.6. The van der Waals surface area contributed by atoms with Crippen LogP contribution in [0.4, 0.5) is 5.69 Å². The maximum atomic E-state index is 12.2. The van der Waals surface area contributed by atoms with Gasteiger partial charge in [-0.1, -0.05) is 6.07 Å². The predicted octanol–water partition coefficient (Wildman–Crippen LogP) is 2.56. The number of thiophene rings is 1. The van der Waals surface area contributed by atoms with Crippen molar-refractivity contribution in [1.82, 2.24) is 15.5 Å². The first-order valence-corrected chi connectivity index (χ1v) is 8.03. The molecule has 1 atom stereocenters. The van der Waals surface area contributed by atoms with Crippen LogP contribution in [-0.2, 0) is 4.79 Å². The van der Waals surface area contributed by atoms with Gasteiger partial charge in [0.2, 0.25) is 18.2 Å². The standard InChI is InChI=1S/C16H14N4O3S/c1-10(18-15(22)13-3-2-8-24-13)14(21)19-12-6-4-11(5-7-12)16-20-17-9-23-16/h2-10H,1H3,(H,18,22)(H,19,21)/t10-/m0/s1. The lowest BCUT2D eigenvalue weighted by molar-refractivity contribution is -0.117. The molecule has 0 unspecified atom stereocenters. The second-order valence-electron chi connectivity index (χ2n) is 4.98. The molecule has 122 valence electrons. The fourth-order valence-electron chi connectivity index (χ4n) is 1.99. The van der Waals surface area contributed by atoms with E-state index in [1.165, 1.54) is 17.7 Å². The number of nitrogens with one attached hydrogen (secondary N) is 2. The third kappa shape index (κ3) is 3.66. The van der Waals surface area contributed by atoms with Gasteiger partial charge in [0.25, 0.3) is 5.91 Å². The van der Waals surface area contributed by atoms with E-state index in [2.05, 4.69) is 20.8 Å².